The molecule has 130 valence electrons. The van der Waals surface area contributed by atoms with E-state index in [0.717, 1.165) is 0 Å². The van der Waals surface area contributed by atoms with Crippen LogP contribution in [0.5, 0.6) is 0 Å². The maximum atomic E-state index is 2.39. The second-order valence-electron chi connectivity index (χ2n) is 6.79. The largest absolute Gasteiger partial charge is 0.147 e. The molecular weight excluding hydrogens is 426 g/mol. The minimum atomic E-state index is -1.92. The first-order chi connectivity index (χ1) is 11.2. The van der Waals surface area contributed by atoms with Gasteiger partial charge in [0.25, 0.3) is 0 Å². The van der Waals surface area contributed by atoms with E-state index >= 15 is 0 Å². The Labute approximate surface area is 171 Å². The summed E-state index contributed by atoms with van der Waals surface area (Å²) in [5, 5.41) is 0. The van der Waals surface area contributed by atoms with Crippen LogP contribution in [0.15, 0.2) is 69.5 Å². The zero-order valence-electron chi connectivity index (χ0n) is 14.9. The normalized spacial score (nSPS) is 14.5. The van der Waals surface area contributed by atoms with Crippen molar-refractivity contribution in [1.82, 2.24) is 0 Å². The SMILES string of the molecule is CC1=[C]([Zr](=[C](C)C)[CH]2c3ccccc3-c3ccccc32)CC=C1.Cl.Cl. The van der Waals surface area contributed by atoms with E-state index < -0.39 is 21.3 Å². The summed E-state index contributed by atoms with van der Waals surface area (Å²) >= 11 is -1.92. The van der Waals surface area contributed by atoms with E-state index in [-0.39, 0.29) is 24.8 Å². The van der Waals surface area contributed by atoms with Crippen LogP contribution in [-0.2, 0) is 21.3 Å². The van der Waals surface area contributed by atoms with Crippen LogP contribution in [0.3, 0.4) is 0 Å². The topological polar surface area (TPSA) is 0 Å². The number of benzene rings is 2. The number of rotatable bonds is 2. The molecule has 2 aliphatic carbocycles. The maximum Gasteiger partial charge on any atom is -0.147 e. The van der Waals surface area contributed by atoms with Crippen molar-refractivity contribution in [2.24, 2.45) is 0 Å². The van der Waals surface area contributed by atoms with E-state index in [1.807, 2.05) is 0 Å². The molecule has 0 amide bonds. The molecule has 3 heteroatoms. The van der Waals surface area contributed by atoms with Gasteiger partial charge in [0.05, 0.1) is 0 Å². The van der Waals surface area contributed by atoms with Crippen LogP contribution < -0.4 is 0 Å². The Bertz CT molecular complexity index is 841. The van der Waals surface area contributed by atoms with Crippen LogP contribution in [0.25, 0.3) is 11.1 Å². The molecule has 0 heterocycles. The summed E-state index contributed by atoms with van der Waals surface area (Å²) in [5.41, 5.74) is 7.64. The minimum absolute atomic E-state index is 0. The molecule has 0 saturated heterocycles. The van der Waals surface area contributed by atoms with Crippen LogP contribution >= 0.6 is 24.8 Å². The first-order valence-electron chi connectivity index (χ1n) is 8.40. The molecule has 25 heavy (non-hydrogen) atoms. The molecule has 0 spiro atoms. The Kier molecular flexibility index (Phi) is 6.82. The summed E-state index contributed by atoms with van der Waals surface area (Å²) < 4.78 is 4.16. The van der Waals surface area contributed by atoms with Gasteiger partial charge >= 0.3 is 147 Å². The van der Waals surface area contributed by atoms with E-state index in [2.05, 4.69) is 81.5 Å². The number of halogens is 2. The molecule has 0 aliphatic heterocycles. The molecule has 0 saturated carbocycles. The fraction of sp³-hybridized carbons (Fsp3) is 0.227. The maximum absolute atomic E-state index is 2.39. The summed E-state index contributed by atoms with van der Waals surface area (Å²) in [7, 11) is 0. The summed E-state index contributed by atoms with van der Waals surface area (Å²) in [6, 6.07) is 18.2. The summed E-state index contributed by atoms with van der Waals surface area (Å²) in [6.07, 6.45) is 5.89. The van der Waals surface area contributed by atoms with Crippen molar-refractivity contribution in [3.05, 3.63) is 80.7 Å². The Balaban J connectivity index is 0.00000113. The van der Waals surface area contributed by atoms with E-state index in [0.29, 0.717) is 3.63 Å². The minimum Gasteiger partial charge on any atom is -0.147 e. The van der Waals surface area contributed by atoms with Gasteiger partial charge in [0.2, 0.25) is 0 Å². The summed E-state index contributed by atoms with van der Waals surface area (Å²) in [6.45, 7) is 7.09. The molecule has 2 aromatic rings. The summed E-state index contributed by atoms with van der Waals surface area (Å²) in [4.78, 5) is 0. The van der Waals surface area contributed by atoms with Crippen molar-refractivity contribution < 1.29 is 21.3 Å². The molecule has 0 N–H and O–H groups in total. The smallest absolute Gasteiger partial charge is 0.147 e. The average molecular weight is 451 g/mol. The second kappa shape index (κ2) is 8.30. The van der Waals surface area contributed by atoms with Crippen molar-refractivity contribution in [3.63, 3.8) is 0 Å². The van der Waals surface area contributed by atoms with Gasteiger partial charge in [-0.05, 0) is 0 Å². The van der Waals surface area contributed by atoms with Gasteiger partial charge in [0.1, 0.15) is 0 Å². The van der Waals surface area contributed by atoms with E-state index in [4.69, 9.17) is 0 Å². The monoisotopic (exact) mass is 448 g/mol. The third-order valence-corrected chi connectivity index (χ3v) is 13.8. The van der Waals surface area contributed by atoms with Gasteiger partial charge in [-0.15, -0.1) is 24.8 Å². The number of allylic oxidation sites excluding steroid dienone is 4. The molecule has 2 aliphatic rings. The van der Waals surface area contributed by atoms with Crippen molar-refractivity contribution >= 4 is 28.0 Å². The third-order valence-electron chi connectivity index (χ3n) is 5.15. The molecule has 4 rings (SSSR count). The standard InChI is InChI=1S/C13H9.C6H7.C3H6.2ClH.Zr/c1-3-7-12-10(5-1)9-11-6-2-4-8-13(11)12;1-6-4-2-3-5-6;1-3-2;;;/h1-9H;2,4H,3H2,1H3;1-2H3;2*1H;. The number of hydrogen-bond donors (Lipinski definition) is 0. The van der Waals surface area contributed by atoms with Crippen LogP contribution in [0, 0.1) is 0 Å². The van der Waals surface area contributed by atoms with Crippen LogP contribution in [-0.4, -0.2) is 3.21 Å². The molecular formula is C22H24Cl2Zr. The quantitative estimate of drug-likeness (QED) is 0.480. The molecule has 0 fully saturated rings. The van der Waals surface area contributed by atoms with E-state index in [1.165, 1.54) is 17.5 Å². The van der Waals surface area contributed by atoms with Crippen LogP contribution in [0.4, 0.5) is 0 Å². The zero-order valence-corrected chi connectivity index (χ0v) is 19.0. The zero-order chi connectivity index (χ0) is 16.0. The van der Waals surface area contributed by atoms with Gasteiger partial charge < -0.3 is 0 Å². The van der Waals surface area contributed by atoms with Crippen molar-refractivity contribution in [2.75, 3.05) is 0 Å². The first-order valence-corrected chi connectivity index (χ1v) is 12.3. The van der Waals surface area contributed by atoms with Gasteiger partial charge in [0.15, 0.2) is 0 Å². The average Bonchev–Trinajstić information content (AvgIpc) is 3.11. The Morgan fingerprint density at radius 2 is 1.40 bits per heavy atom. The Hall–Kier alpha value is -0.747. The van der Waals surface area contributed by atoms with Gasteiger partial charge in [-0.1, -0.05) is 0 Å². The predicted octanol–water partition coefficient (Wildman–Crippen LogP) is 6.66. The number of hydrogen-bond acceptors (Lipinski definition) is 0. The summed E-state index contributed by atoms with van der Waals surface area (Å²) in [5.74, 6) is 0. The van der Waals surface area contributed by atoms with Gasteiger partial charge in [0, 0.05) is 0 Å². The fourth-order valence-electron chi connectivity index (χ4n) is 4.17. The molecule has 2 aromatic carbocycles. The van der Waals surface area contributed by atoms with E-state index in [1.54, 1.807) is 23.2 Å². The number of fused-ring (bicyclic) bond motifs is 3. The van der Waals surface area contributed by atoms with Gasteiger partial charge in [-0.3, -0.25) is 0 Å². The Morgan fingerprint density at radius 1 is 0.880 bits per heavy atom. The third kappa shape index (κ3) is 3.44. The molecule has 0 aromatic heterocycles. The molecule has 0 atom stereocenters. The predicted molar refractivity (Wildman–Crippen MR) is 111 cm³/mol. The van der Waals surface area contributed by atoms with Crippen LogP contribution in [0.1, 0.15) is 41.9 Å². The Morgan fingerprint density at radius 3 is 1.84 bits per heavy atom. The molecule has 0 bridgehead atoms. The molecule has 0 radical (unpaired) electrons. The fourth-order valence-corrected chi connectivity index (χ4v) is 12.8. The van der Waals surface area contributed by atoms with Crippen LogP contribution in [0.2, 0.25) is 0 Å². The molecule has 0 unspecified atom stereocenters. The van der Waals surface area contributed by atoms with Crippen molar-refractivity contribution in [3.8, 4) is 11.1 Å². The van der Waals surface area contributed by atoms with E-state index in [9.17, 15) is 0 Å². The van der Waals surface area contributed by atoms with Gasteiger partial charge in [-0.25, -0.2) is 0 Å². The molecule has 0 nitrogen and oxygen atoms in total. The van der Waals surface area contributed by atoms with Crippen molar-refractivity contribution in [1.29, 1.82) is 0 Å². The first kappa shape index (κ1) is 20.6. The van der Waals surface area contributed by atoms with Gasteiger partial charge in [-0.2, -0.15) is 0 Å². The second-order valence-corrected chi connectivity index (χ2v) is 14.2. The van der Waals surface area contributed by atoms with Crippen molar-refractivity contribution in [2.45, 2.75) is 30.8 Å².